The molecule has 0 radical (unpaired) electrons. The summed E-state index contributed by atoms with van der Waals surface area (Å²) in [5.74, 6) is 2.85. The number of hydrogen-bond acceptors (Lipinski definition) is 2. The summed E-state index contributed by atoms with van der Waals surface area (Å²) in [6.07, 6.45) is 7.65. The van der Waals surface area contributed by atoms with Crippen LogP contribution in [0.4, 0.5) is 0 Å². The lowest BCUT2D eigenvalue weighted by Crippen LogP contribution is -2.53. The summed E-state index contributed by atoms with van der Waals surface area (Å²) in [4.78, 5) is 12.9. The molecule has 4 saturated carbocycles. The van der Waals surface area contributed by atoms with Gasteiger partial charge in [-0.2, -0.15) is 11.3 Å². The van der Waals surface area contributed by atoms with Gasteiger partial charge in [-0.1, -0.05) is 0 Å². The molecule has 0 aliphatic heterocycles. The van der Waals surface area contributed by atoms with Gasteiger partial charge in [0.2, 0.25) is 5.91 Å². The van der Waals surface area contributed by atoms with E-state index >= 15 is 0 Å². The highest BCUT2D eigenvalue weighted by molar-refractivity contribution is 7.07. The van der Waals surface area contributed by atoms with Crippen molar-refractivity contribution in [1.29, 1.82) is 0 Å². The van der Waals surface area contributed by atoms with Crippen LogP contribution in [0.3, 0.4) is 0 Å². The molecular formula is C17H23NOS. The average molecular weight is 289 g/mol. The van der Waals surface area contributed by atoms with E-state index in [4.69, 9.17) is 0 Å². The van der Waals surface area contributed by atoms with E-state index in [-0.39, 0.29) is 11.5 Å². The van der Waals surface area contributed by atoms with Gasteiger partial charge in [0, 0.05) is 5.41 Å². The summed E-state index contributed by atoms with van der Waals surface area (Å²) < 4.78 is 0. The number of hydrogen-bond donors (Lipinski definition) is 1. The van der Waals surface area contributed by atoms with Crippen molar-refractivity contribution in [3.05, 3.63) is 22.4 Å². The van der Waals surface area contributed by atoms with Crippen LogP contribution in [-0.4, -0.2) is 5.91 Å². The van der Waals surface area contributed by atoms with Gasteiger partial charge in [-0.3, -0.25) is 4.79 Å². The summed E-state index contributed by atoms with van der Waals surface area (Å²) in [6.45, 7) is 2.11. The molecule has 1 atom stereocenters. The van der Waals surface area contributed by atoms with Crippen LogP contribution in [0.25, 0.3) is 0 Å². The minimum absolute atomic E-state index is 0.0148. The number of nitrogens with one attached hydrogen (secondary N) is 1. The average Bonchev–Trinajstić information content (AvgIpc) is 2.90. The fraction of sp³-hybridized carbons (Fsp3) is 0.706. The Balaban J connectivity index is 1.51. The highest BCUT2D eigenvalue weighted by Gasteiger charge is 2.54. The van der Waals surface area contributed by atoms with Gasteiger partial charge in [0.15, 0.2) is 0 Å². The summed E-state index contributed by atoms with van der Waals surface area (Å²) in [5.41, 5.74) is 1.23. The lowest BCUT2D eigenvalue weighted by Gasteiger charge is -2.55. The van der Waals surface area contributed by atoms with Crippen LogP contribution in [0.2, 0.25) is 0 Å². The van der Waals surface area contributed by atoms with Crippen LogP contribution in [0.1, 0.15) is 57.1 Å². The highest BCUT2D eigenvalue weighted by atomic mass is 32.1. The Kier molecular flexibility index (Phi) is 2.95. The summed E-state index contributed by atoms with van der Waals surface area (Å²) in [6, 6.07) is 2.27. The minimum Gasteiger partial charge on any atom is -0.349 e. The molecule has 3 heteroatoms. The molecule has 0 spiro atoms. The largest absolute Gasteiger partial charge is 0.349 e. The van der Waals surface area contributed by atoms with Crippen molar-refractivity contribution < 1.29 is 4.79 Å². The van der Waals surface area contributed by atoms with Crippen molar-refractivity contribution in [3.63, 3.8) is 0 Å². The molecule has 20 heavy (non-hydrogen) atoms. The third kappa shape index (κ3) is 2.02. The van der Waals surface area contributed by atoms with Crippen LogP contribution in [0.15, 0.2) is 16.8 Å². The summed E-state index contributed by atoms with van der Waals surface area (Å²) in [7, 11) is 0. The quantitative estimate of drug-likeness (QED) is 0.890. The van der Waals surface area contributed by atoms with Crippen LogP contribution >= 0.6 is 11.3 Å². The Hall–Kier alpha value is -0.830. The van der Waals surface area contributed by atoms with Gasteiger partial charge in [-0.25, -0.2) is 0 Å². The van der Waals surface area contributed by atoms with Crippen molar-refractivity contribution >= 4 is 17.2 Å². The van der Waals surface area contributed by atoms with E-state index in [0.717, 1.165) is 37.0 Å². The molecule has 4 aliphatic rings. The van der Waals surface area contributed by atoms with E-state index in [9.17, 15) is 4.79 Å². The molecule has 4 bridgehead atoms. The van der Waals surface area contributed by atoms with E-state index in [0.29, 0.717) is 5.91 Å². The van der Waals surface area contributed by atoms with Gasteiger partial charge in [0.1, 0.15) is 0 Å². The molecule has 1 aromatic rings. The van der Waals surface area contributed by atoms with Crippen molar-refractivity contribution in [2.24, 2.45) is 23.2 Å². The zero-order chi connectivity index (χ0) is 13.7. The third-order valence-electron chi connectivity index (χ3n) is 5.91. The molecule has 2 nitrogen and oxygen atoms in total. The molecule has 1 heterocycles. The fourth-order valence-electron chi connectivity index (χ4n) is 5.34. The first-order chi connectivity index (χ1) is 9.64. The second-order valence-electron chi connectivity index (χ2n) is 7.45. The molecule has 4 fully saturated rings. The molecule has 1 amide bonds. The molecule has 4 aliphatic carbocycles. The third-order valence-corrected chi connectivity index (χ3v) is 6.61. The molecule has 108 valence electrons. The second-order valence-corrected chi connectivity index (χ2v) is 8.23. The second kappa shape index (κ2) is 4.59. The standard InChI is InChI=1S/C17H23NOS/c1-11(15-2-3-20-10-15)18-16(19)17-7-12-4-13(8-17)6-14(5-12)9-17/h2-3,10-14H,4-9H2,1H3,(H,18,19). The molecular weight excluding hydrogens is 266 g/mol. The first kappa shape index (κ1) is 12.9. The van der Waals surface area contributed by atoms with Gasteiger partial charge in [-0.05, 0) is 85.6 Å². The smallest absolute Gasteiger partial charge is 0.226 e. The predicted octanol–water partition coefficient (Wildman–Crippen LogP) is 4.14. The molecule has 5 rings (SSSR count). The van der Waals surface area contributed by atoms with Gasteiger partial charge in [0.05, 0.1) is 6.04 Å². The van der Waals surface area contributed by atoms with E-state index in [1.165, 1.54) is 24.8 Å². The van der Waals surface area contributed by atoms with Crippen LogP contribution < -0.4 is 5.32 Å². The van der Waals surface area contributed by atoms with E-state index in [1.54, 1.807) is 11.3 Å². The number of rotatable bonds is 3. The van der Waals surface area contributed by atoms with Gasteiger partial charge in [0.25, 0.3) is 0 Å². The minimum atomic E-state index is -0.0148. The number of carbonyl (C=O) groups excluding carboxylic acids is 1. The van der Waals surface area contributed by atoms with Gasteiger partial charge >= 0.3 is 0 Å². The zero-order valence-corrected chi connectivity index (χ0v) is 12.9. The van der Waals surface area contributed by atoms with E-state index in [2.05, 4.69) is 29.1 Å². The fourth-order valence-corrected chi connectivity index (χ4v) is 6.10. The van der Waals surface area contributed by atoms with Gasteiger partial charge < -0.3 is 5.32 Å². The molecule has 1 aromatic heterocycles. The number of thiophene rings is 1. The molecule has 1 N–H and O–H groups in total. The van der Waals surface area contributed by atoms with Crippen molar-refractivity contribution in [2.75, 3.05) is 0 Å². The zero-order valence-electron chi connectivity index (χ0n) is 12.1. The molecule has 1 unspecified atom stereocenters. The van der Waals surface area contributed by atoms with Crippen LogP contribution in [0.5, 0.6) is 0 Å². The predicted molar refractivity (Wildman–Crippen MR) is 81.5 cm³/mol. The summed E-state index contributed by atoms with van der Waals surface area (Å²) >= 11 is 1.70. The normalized spacial score (nSPS) is 39.8. The lowest BCUT2D eigenvalue weighted by atomic mass is 9.49. The Morgan fingerprint density at radius 1 is 1.25 bits per heavy atom. The Bertz CT molecular complexity index is 472. The molecule has 0 aromatic carbocycles. The van der Waals surface area contributed by atoms with Crippen molar-refractivity contribution in [1.82, 2.24) is 5.32 Å². The maximum absolute atomic E-state index is 12.9. The molecule has 0 saturated heterocycles. The first-order valence-corrected chi connectivity index (χ1v) is 8.92. The Morgan fingerprint density at radius 3 is 2.35 bits per heavy atom. The lowest BCUT2D eigenvalue weighted by molar-refractivity contribution is -0.147. The van der Waals surface area contributed by atoms with Crippen LogP contribution in [0, 0.1) is 23.2 Å². The maximum Gasteiger partial charge on any atom is 0.226 e. The summed E-state index contributed by atoms with van der Waals surface area (Å²) in [5, 5.41) is 7.54. The SMILES string of the molecule is CC(NC(=O)C12CC3CC(CC(C3)C1)C2)c1ccsc1. The van der Waals surface area contributed by atoms with Crippen molar-refractivity contribution in [3.8, 4) is 0 Å². The van der Waals surface area contributed by atoms with E-state index in [1.807, 2.05) is 0 Å². The monoisotopic (exact) mass is 289 g/mol. The van der Waals surface area contributed by atoms with E-state index < -0.39 is 0 Å². The Morgan fingerprint density at radius 2 is 1.85 bits per heavy atom. The number of carbonyl (C=O) groups is 1. The maximum atomic E-state index is 12.9. The first-order valence-electron chi connectivity index (χ1n) is 7.98. The van der Waals surface area contributed by atoms with Gasteiger partial charge in [-0.15, -0.1) is 0 Å². The topological polar surface area (TPSA) is 29.1 Å². The number of amides is 1. The Labute approximate surface area is 125 Å². The van der Waals surface area contributed by atoms with Crippen LogP contribution in [-0.2, 0) is 4.79 Å². The highest BCUT2D eigenvalue weighted by Crippen LogP contribution is 2.60. The van der Waals surface area contributed by atoms with Crippen molar-refractivity contribution in [2.45, 2.75) is 51.5 Å².